The highest BCUT2D eigenvalue weighted by molar-refractivity contribution is 5.95. The molecule has 0 aromatic heterocycles. The second-order valence-electron chi connectivity index (χ2n) is 9.60. The Bertz CT molecular complexity index is 702. The summed E-state index contributed by atoms with van der Waals surface area (Å²) in [6, 6.07) is 0. The fourth-order valence-corrected chi connectivity index (χ4v) is 7.08. The lowest BCUT2D eigenvalue weighted by Gasteiger charge is -2.57. The fraction of sp³-hybridized carbons (Fsp3) is 0.739. The summed E-state index contributed by atoms with van der Waals surface area (Å²) in [6.45, 7) is 8.05. The van der Waals surface area contributed by atoms with Crippen molar-refractivity contribution >= 4 is 11.8 Å². The van der Waals surface area contributed by atoms with Crippen LogP contribution in [-0.4, -0.2) is 17.9 Å². The number of esters is 1. The minimum absolute atomic E-state index is 0.0645. The molecule has 0 unspecified atom stereocenters. The molecule has 0 aromatic rings. The van der Waals surface area contributed by atoms with E-state index in [1.165, 1.54) is 18.9 Å². The summed E-state index contributed by atoms with van der Waals surface area (Å²) >= 11 is 0. The van der Waals surface area contributed by atoms with Crippen LogP contribution in [0.25, 0.3) is 0 Å². The molecule has 0 saturated heterocycles. The van der Waals surface area contributed by atoms with Crippen LogP contribution < -0.4 is 0 Å². The highest BCUT2D eigenvalue weighted by atomic mass is 16.5. The summed E-state index contributed by atoms with van der Waals surface area (Å²) < 4.78 is 5.52. The van der Waals surface area contributed by atoms with Crippen molar-refractivity contribution in [2.75, 3.05) is 0 Å². The van der Waals surface area contributed by atoms with Crippen LogP contribution in [0.5, 0.6) is 0 Å². The Morgan fingerprint density at radius 1 is 1.00 bits per heavy atom. The molecule has 2 fully saturated rings. The molecule has 0 aromatic carbocycles. The molecule has 3 heteroatoms. The van der Waals surface area contributed by atoms with Crippen molar-refractivity contribution in [3.63, 3.8) is 0 Å². The van der Waals surface area contributed by atoms with Gasteiger partial charge in [-0.1, -0.05) is 31.6 Å². The van der Waals surface area contributed by atoms with Crippen LogP contribution in [0.2, 0.25) is 0 Å². The van der Waals surface area contributed by atoms with Gasteiger partial charge in [-0.25, -0.2) is 0 Å². The maximum absolute atomic E-state index is 12.2. The minimum Gasteiger partial charge on any atom is -0.462 e. The first kappa shape index (κ1) is 18.0. The van der Waals surface area contributed by atoms with Crippen molar-refractivity contribution < 1.29 is 14.3 Å². The van der Waals surface area contributed by atoms with Crippen molar-refractivity contribution in [2.45, 2.75) is 78.7 Å². The van der Waals surface area contributed by atoms with E-state index in [-0.39, 0.29) is 28.7 Å². The van der Waals surface area contributed by atoms with Gasteiger partial charge in [0.15, 0.2) is 5.78 Å². The van der Waals surface area contributed by atoms with Crippen LogP contribution in [0.1, 0.15) is 72.6 Å². The maximum atomic E-state index is 12.2. The van der Waals surface area contributed by atoms with Crippen molar-refractivity contribution in [3.8, 4) is 0 Å². The number of ether oxygens (including phenoxy) is 1. The zero-order valence-corrected chi connectivity index (χ0v) is 16.6. The van der Waals surface area contributed by atoms with Crippen molar-refractivity contribution in [2.24, 2.45) is 28.6 Å². The van der Waals surface area contributed by atoms with Crippen LogP contribution in [0.15, 0.2) is 23.3 Å². The summed E-state index contributed by atoms with van der Waals surface area (Å²) in [6.07, 6.45) is 12.3. The summed E-state index contributed by atoms with van der Waals surface area (Å²) in [7, 11) is 0. The average Bonchev–Trinajstić information content (AvgIpc) is 2.92. The van der Waals surface area contributed by atoms with Crippen LogP contribution in [0.4, 0.5) is 0 Å². The van der Waals surface area contributed by atoms with E-state index in [1.54, 1.807) is 6.92 Å². The van der Waals surface area contributed by atoms with Crippen molar-refractivity contribution in [1.82, 2.24) is 0 Å². The van der Waals surface area contributed by atoms with E-state index in [1.807, 2.05) is 0 Å². The fourth-order valence-electron chi connectivity index (χ4n) is 7.08. The number of Topliss-reactive ketones (excluding diaryl/α,β-unsaturated/α-hetero) is 1. The van der Waals surface area contributed by atoms with Gasteiger partial charge >= 0.3 is 5.97 Å². The molecule has 0 radical (unpaired) electrons. The predicted octanol–water partition coefficient (Wildman–Crippen LogP) is 5.01. The first-order valence-electron chi connectivity index (χ1n) is 10.3. The van der Waals surface area contributed by atoms with Gasteiger partial charge in [-0.15, -0.1) is 0 Å². The van der Waals surface area contributed by atoms with Crippen molar-refractivity contribution in [3.05, 3.63) is 23.3 Å². The highest BCUT2D eigenvalue weighted by Crippen LogP contribution is 2.65. The van der Waals surface area contributed by atoms with E-state index in [0.717, 1.165) is 44.1 Å². The molecule has 0 bridgehead atoms. The second kappa shape index (κ2) is 6.07. The smallest absolute Gasteiger partial charge is 0.302 e. The molecule has 6 atom stereocenters. The van der Waals surface area contributed by atoms with E-state index in [4.69, 9.17) is 4.74 Å². The molecule has 26 heavy (non-hydrogen) atoms. The average molecular weight is 357 g/mol. The number of hydrogen-bond acceptors (Lipinski definition) is 3. The third-order valence-electron chi connectivity index (χ3n) is 8.35. The maximum Gasteiger partial charge on any atom is 0.302 e. The zero-order chi connectivity index (χ0) is 18.7. The minimum atomic E-state index is -0.157. The van der Waals surface area contributed by atoms with Gasteiger partial charge in [-0.3, -0.25) is 9.59 Å². The van der Waals surface area contributed by atoms with Crippen LogP contribution in [0.3, 0.4) is 0 Å². The van der Waals surface area contributed by atoms with Gasteiger partial charge in [0, 0.05) is 13.3 Å². The molecule has 142 valence electrons. The number of fused-ring (bicyclic) bond motifs is 5. The number of carbonyl (C=O) groups excluding carboxylic acids is 2. The van der Waals surface area contributed by atoms with E-state index >= 15 is 0 Å². The van der Waals surface area contributed by atoms with Gasteiger partial charge < -0.3 is 4.74 Å². The number of rotatable bonds is 2. The molecule has 0 aliphatic heterocycles. The number of carbonyl (C=O) groups is 2. The van der Waals surface area contributed by atoms with Crippen LogP contribution in [-0.2, 0) is 14.3 Å². The SMILES string of the molecule is CC(=O)O[C@@H]1CC[C@]2(C)C(=CC[C@@H]3[C@H]4CC=C(C(C)=O)[C@]4(C)CC[C@H]32)C1. The first-order valence-corrected chi connectivity index (χ1v) is 10.3. The Balaban J connectivity index is 1.59. The molecule has 4 aliphatic carbocycles. The molecular weight excluding hydrogens is 324 g/mol. The molecule has 0 amide bonds. The Morgan fingerprint density at radius 3 is 2.42 bits per heavy atom. The Labute approximate surface area is 157 Å². The third kappa shape index (κ3) is 2.53. The van der Waals surface area contributed by atoms with Gasteiger partial charge in [-0.2, -0.15) is 0 Å². The largest absolute Gasteiger partial charge is 0.462 e. The van der Waals surface area contributed by atoms with Gasteiger partial charge in [-0.05, 0) is 79.6 Å². The third-order valence-corrected chi connectivity index (χ3v) is 8.35. The van der Waals surface area contributed by atoms with Crippen molar-refractivity contribution in [1.29, 1.82) is 0 Å². The predicted molar refractivity (Wildman–Crippen MR) is 101 cm³/mol. The topological polar surface area (TPSA) is 43.4 Å². The molecule has 0 spiro atoms. The number of hydrogen-bond donors (Lipinski definition) is 0. The molecular formula is C23H32O3. The second-order valence-corrected chi connectivity index (χ2v) is 9.60. The van der Waals surface area contributed by atoms with E-state index in [9.17, 15) is 9.59 Å². The number of ketones is 1. The lowest BCUT2D eigenvalue weighted by atomic mass is 9.47. The molecule has 2 saturated carbocycles. The van der Waals surface area contributed by atoms with Crippen LogP contribution >= 0.6 is 0 Å². The lowest BCUT2D eigenvalue weighted by Crippen LogP contribution is -2.50. The van der Waals surface area contributed by atoms with Gasteiger partial charge in [0.05, 0.1) is 0 Å². The molecule has 0 heterocycles. The summed E-state index contributed by atoms with van der Waals surface area (Å²) in [5.41, 5.74) is 2.96. The van der Waals surface area contributed by atoms with Gasteiger partial charge in [0.2, 0.25) is 0 Å². The standard InChI is InChI=1S/C23H32O3/c1-14(24)19-7-8-20-18-6-5-16-13-17(26-15(2)25)9-11-22(16,3)21(18)10-12-23(19,20)4/h5,7,17-18,20-21H,6,8-13H2,1-4H3/t17-,18-,20-,21-,22-,23+/m1/s1. The Hall–Kier alpha value is -1.38. The molecule has 0 N–H and O–H groups in total. The van der Waals surface area contributed by atoms with Gasteiger partial charge in [0.25, 0.3) is 0 Å². The lowest BCUT2D eigenvalue weighted by molar-refractivity contribution is -0.148. The molecule has 4 rings (SSSR count). The number of allylic oxidation sites excluding steroid dienone is 3. The Kier molecular flexibility index (Phi) is 4.20. The quantitative estimate of drug-likeness (QED) is 0.516. The highest BCUT2D eigenvalue weighted by Gasteiger charge is 2.57. The summed E-state index contributed by atoms with van der Waals surface area (Å²) in [5.74, 6) is 2.11. The van der Waals surface area contributed by atoms with E-state index < -0.39 is 0 Å². The Morgan fingerprint density at radius 2 is 1.73 bits per heavy atom. The first-order chi connectivity index (χ1) is 12.3. The monoisotopic (exact) mass is 356 g/mol. The van der Waals surface area contributed by atoms with Crippen LogP contribution in [0, 0.1) is 28.6 Å². The summed E-state index contributed by atoms with van der Waals surface area (Å²) in [4.78, 5) is 23.5. The van der Waals surface area contributed by atoms with E-state index in [0.29, 0.717) is 17.8 Å². The van der Waals surface area contributed by atoms with Gasteiger partial charge in [0.1, 0.15) is 6.10 Å². The molecule has 3 nitrogen and oxygen atoms in total. The summed E-state index contributed by atoms with van der Waals surface area (Å²) in [5, 5.41) is 0. The molecule has 4 aliphatic rings. The zero-order valence-electron chi connectivity index (χ0n) is 16.6. The normalized spacial score (nSPS) is 44.2. The van der Waals surface area contributed by atoms with E-state index in [2.05, 4.69) is 26.0 Å².